The van der Waals surface area contributed by atoms with Crippen LogP contribution in [0.5, 0.6) is 0 Å². The molecule has 1 aliphatic heterocycles. The maximum Gasteiger partial charge on any atom is 0.0454 e. The lowest BCUT2D eigenvalue weighted by atomic mass is 9.99. The van der Waals surface area contributed by atoms with Crippen molar-refractivity contribution in [3.05, 3.63) is 48.8 Å². The van der Waals surface area contributed by atoms with Crippen LogP contribution in [0.1, 0.15) is 12.8 Å². The molecule has 0 aliphatic carbocycles. The van der Waals surface area contributed by atoms with E-state index < -0.39 is 0 Å². The standard InChI is InChI=1S/C18H19N3/c19-14-5-3-9-21(12-14)18-10-13-4-1-2-6-15(13)17-11-20-8-7-16(17)18/h1-2,4,6-8,10-11,14H,3,5,9,12,19H2. The third-order valence-electron chi connectivity index (χ3n) is 4.44. The monoisotopic (exact) mass is 277 g/mol. The molecule has 1 unspecified atom stereocenters. The van der Waals surface area contributed by atoms with Crippen LogP contribution in [0.4, 0.5) is 5.69 Å². The number of hydrogen-bond acceptors (Lipinski definition) is 3. The van der Waals surface area contributed by atoms with Crippen LogP contribution in [0.3, 0.4) is 0 Å². The lowest BCUT2D eigenvalue weighted by molar-refractivity contribution is 0.507. The molecule has 0 radical (unpaired) electrons. The van der Waals surface area contributed by atoms with Crippen LogP contribution in [0.2, 0.25) is 0 Å². The van der Waals surface area contributed by atoms with Crippen molar-refractivity contribution >= 4 is 27.2 Å². The normalized spacial score (nSPS) is 19.3. The molecule has 4 rings (SSSR count). The average molecular weight is 277 g/mol. The van der Waals surface area contributed by atoms with E-state index >= 15 is 0 Å². The summed E-state index contributed by atoms with van der Waals surface area (Å²) in [5.41, 5.74) is 7.46. The van der Waals surface area contributed by atoms with Crippen molar-refractivity contribution in [2.45, 2.75) is 18.9 Å². The number of benzene rings is 2. The molecule has 1 saturated heterocycles. The Morgan fingerprint density at radius 1 is 1.10 bits per heavy atom. The molecule has 2 aromatic carbocycles. The van der Waals surface area contributed by atoms with Crippen LogP contribution in [0, 0.1) is 0 Å². The van der Waals surface area contributed by atoms with Gasteiger partial charge < -0.3 is 10.6 Å². The Bertz CT molecular complexity index is 797. The first kappa shape index (κ1) is 12.6. The number of pyridine rings is 1. The highest BCUT2D eigenvalue weighted by molar-refractivity contribution is 6.12. The predicted molar refractivity (Wildman–Crippen MR) is 88.7 cm³/mol. The second-order valence-corrected chi connectivity index (χ2v) is 5.89. The molecule has 1 aliphatic rings. The van der Waals surface area contributed by atoms with E-state index in [1.165, 1.54) is 33.7 Å². The third kappa shape index (κ3) is 2.14. The van der Waals surface area contributed by atoms with Crippen molar-refractivity contribution in [3.63, 3.8) is 0 Å². The van der Waals surface area contributed by atoms with Gasteiger partial charge in [-0.05, 0) is 35.7 Å². The van der Waals surface area contributed by atoms with Crippen LogP contribution in [0.25, 0.3) is 21.5 Å². The molecule has 2 heterocycles. The minimum atomic E-state index is 0.280. The lowest BCUT2D eigenvalue weighted by Gasteiger charge is -2.33. The fourth-order valence-electron chi connectivity index (χ4n) is 3.42. The maximum absolute atomic E-state index is 6.17. The number of nitrogens with zero attached hydrogens (tertiary/aromatic N) is 2. The van der Waals surface area contributed by atoms with Crippen molar-refractivity contribution in [1.82, 2.24) is 4.98 Å². The van der Waals surface area contributed by atoms with E-state index in [9.17, 15) is 0 Å². The lowest BCUT2D eigenvalue weighted by Crippen LogP contribution is -2.42. The number of rotatable bonds is 1. The summed E-state index contributed by atoms with van der Waals surface area (Å²) < 4.78 is 0. The van der Waals surface area contributed by atoms with Gasteiger partial charge in [0.2, 0.25) is 0 Å². The topological polar surface area (TPSA) is 42.1 Å². The third-order valence-corrected chi connectivity index (χ3v) is 4.44. The average Bonchev–Trinajstić information content (AvgIpc) is 2.54. The van der Waals surface area contributed by atoms with E-state index in [0.717, 1.165) is 19.5 Å². The van der Waals surface area contributed by atoms with E-state index in [0.29, 0.717) is 0 Å². The number of hydrogen-bond donors (Lipinski definition) is 1. The smallest absolute Gasteiger partial charge is 0.0454 e. The van der Waals surface area contributed by atoms with Crippen molar-refractivity contribution in [2.24, 2.45) is 5.73 Å². The zero-order valence-corrected chi connectivity index (χ0v) is 12.0. The van der Waals surface area contributed by atoms with Crippen LogP contribution in [-0.2, 0) is 0 Å². The molecule has 1 atom stereocenters. The van der Waals surface area contributed by atoms with E-state index in [-0.39, 0.29) is 6.04 Å². The molecule has 0 amide bonds. The summed E-state index contributed by atoms with van der Waals surface area (Å²) in [6.45, 7) is 2.03. The predicted octanol–water partition coefficient (Wildman–Crippen LogP) is 3.32. The van der Waals surface area contributed by atoms with E-state index in [2.05, 4.69) is 46.3 Å². The Kier molecular flexibility index (Phi) is 3.00. The maximum atomic E-state index is 6.17. The molecule has 1 aromatic heterocycles. The van der Waals surface area contributed by atoms with E-state index in [1.807, 2.05) is 12.4 Å². The highest BCUT2D eigenvalue weighted by atomic mass is 15.1. The second-order valence-electron chi connectivity index (χ2n) is 5.89. The molecular weight excluding hydrogens is 258 g/mol. The van der Waals surface area contributed by atoms with Gasteiger partial charge in [0, 0.05) is 48.0 Å². The number of piperidine rings is 1. The van der Waals surface area contributed by atoms with Crippen LogP contribution in [0.15, 0.2) is 48.8 Å². The summed E-state index contributed by atoms with van der Waals surface area (Å²) >= 11 is 0. The quantitative estimate of drug-likeness (QED) is 0.694. The first-order chi connectivity index (χ1) is 10.3. The first-order valence-corrected chi connectivity index (χ1v) is 7.59. The summed E-state index contributed by atoms with van der Waals surface area (Å²) in [6.07, 6.45) is 6.15. The van der Waals surface area contributed by atoms with Gasteiger partial charge in [0.1, 0.15) is 0 Å². The van der Waals surface area contributed by atoms with Crippen molar-refractivity contribution in [1.29, 1.82) is 0 Å². The zero-order chi connectivity index (χ0) is 14.2. The van der Waals surface area contributed by atoms with Gasteiger partial charge in [0.25, 0.3) is 0 Å². The number of nitrogens with two attached hydrogens (primary N) is 1. The number of fused-ring (bicyclic) bond motifs is 3. The highest BCUT2D eigenvalue weighted by Crippen LogP contribution is 2.34. The van der Waals surface area contributed by atoms with Crippen LogP contribution >= 0.6 is 0 Å². The van der Waals surface area contributed by atoms with E-state index in [4.69, 9.17) is 5.73 Å². The van der Waals surface area contributed by atoms with Gasteiger partial charge in [0.05, 0.1) is 0 Å². The Balaban J connectivity index is 1.98. The molecular formula is C18H19N3. The number of anilines is 1. The largest absolute Gasteiger partial charge is 0.369 e. The fourth-order valence-corrected chi connectivity index (χ4v) is 3.42. The fraction of sp³-hybridized carbons (Fsp3) is 0.278. The van der Waals surface area contributed by atoms with Crippen molar-refractivity contribution in [2.75, 3.05) is 18.0 Å². The Morgan fingerprint density at radius 3 is 2.90 bits per heavy atom. The van der Waals surface area contributed by atoms with Crippen LogP contribution in [-0.4, -0.2) is 24.1 Å². The van der Waals surface area contributed by atoms with Gasteiger partial charge in [-0.25, -0.2) is 0 Å². The van der Waals surface area contributed by atoms with Crippen molar-refractivity contribution < 1.29 is 0 Å². The Morgan fingerprint density at radius 2 is 2.00 bits per heavy atom. The van der Waals surface area contributed by atoms with Gasteiger partial charge in [-0.15, -0.1) is 0 Å². The minimum Gasteiger partial charge on any atom is -0.369 e. The molecule has 0 saturated carbocycles. The van der Waals surface area contributed by atoms with Gasteiger partial charge >= 0.3 is 0 Å². The molecule has 0 spiro atoms. The van der Waals surface area contributed by atoms with Gasteiger partial charge in [0.15, 0.2) is 0 Å². The summed E-state index contributed by atoms with van der Waals surface area (Å²) in [5.74, 6) is 0. The van der Waals surface area contributed by atoms with Gasteiger partial charge in [-0.1, -0.05) is 24.3 Å². The molecule has 3 nitrogen and oxygen atoms in total. The Labute approximate surface area is 124 Å². The van der Waals surface area contributed by atoms with Crippen molar-refractivity contribution in [3.8, 4) is 0 Å². The Hall–Kier alpha value is -2.13. The molecule has 3 heteroatoms. The minimum absolute atomic E-state index is 0.280. The summed E-state index contributed by atoms with van der Waals surface area (Å²) in [5, 5.41) is 5.04. The summed E-state index contributed by atoms with van der Waals surface area (Å²) in [6, 6.07) is 13.2. The first-order valence-electron chi connectivity index (χ1n) is 7.59. The summed E-state index contributed by atoms with van der Waals surface area (Å²) in [4.78, 5) is 6.75. The molecule has 106 valence electrons. The molecule has 0 bridgehead atoms. The van der Waals surface area contributed by atoms with E-state index in [1.54, 1.807) is 0 Å². The van der Waals surface area contributed by atoms with Gasteiger partial charge in [-0.2, -0.15) is 0 Å². The van der Waals surface area contributed by atoms with Crippen LogP contribution < -0.4 is 10.6 Å². The molecule has 3 aromatic rings. The SMILES string of the molecule is NC1CCCN(c2cc3ccccc3c3cnccc23)C1. The molecule has 2 N–H and O–H groups in total. The van der Waals surface area contributed by atoms with Gasteiger partial charge in [-0.3, -0.25) is 4.98 Å². The highest BCUT2D eigenvalue weighted by Gasteiger charge is 2.19. The summed E-state index contributed by atoms with van der Waals surface area (Å²) in [7, 11) is 0. The number of aromatic nitrogens is 1. The molecule has 21 heavy (non-hydrogen) atoms. The second kappa shape index (κ2) is 5.01. The zero-order valence-electron chi connectivity index (χ0n) is 12.0. The molecule has 1 fully saturated rings.